The van der Waals surface area contributed by atoms with Crippen molar-refractivity contribution in [2.24, 2.45) is 7.05 Å². The molecule has 3 aromatic heterocycles. The predicted molar refractivity (Wildman–Crippen MR) is 85.5 cm³/mol. The summed E-state index contributed by atoms with van der Waals surface area (Å²) in [5.74, 6) is 0.231. The summed E-state index contributed by atoms with van der Waals surface area (Å²) in [4.78, 5) is 13.2. The third-order valence-electron chi connectivity index (χ3n) is 3.00. The lowest BCUT2D eigenvalue weighted by atomic mass is 10.3. The van der Waals surface area contributed by atoms with E-state index in [0.717, 1.165) is 20.1 Å². The summed E-state index contributed by atoms with van der Waals surface area (Å²) in [5, 5.41) is 13.8. The van der Waals surface area contributed by atoms with Crippen LogP contribution in [0.5, 0.6) is 0 Å². The van der Waals surface area contributed by atoms with E-state index in [-0.39, 0.29) is 5.91 Å². The Morgan fingerprint density at radius 1 is 1.43 bits per heavy atom. The maximum absolute atomic E-state index is 12.1. The summed E-state index contributed by atoms with van der Waals surface area (Å²) in [6, 6.07) is 7.45. The molecule has 0 spiro atoms. The smallest absolute Gasteiger partial charge is 0.277 e. The Hall–Kier alpha value is -1.93. The average molecular weight is 366 g/mol. The molecule has 0 radical (unpaired) electrons. The molecule has 2 N–H and O–H groups in total. The van der Waals surface area contributed by atoms with Crippen LogP contribution in [0.3, 0.4) is 0 Å². The van der Waals surface area contributed by atoms with Crippen LogP contribution in [-0.2, 0) is 7.05 Å². The first-order valence-corrected chi connectivity index (χ1v) is 7.77. The third-order valence-corrected chi connectivity index (χ3v) is 4.66. The zero-order valence-corrected chi connectivity index (χ0v) is 13.7. The van der Waals surface area contributed by atoms with Gasteiger partial charge in [-0.05, 0) is 41.1 Å². The Balaban J connectivity index is 1.78. The SMILES string of the molecule is Cc1cc(NC(=O)c2cc(-c3ccc(Br)s3)[nH]n2)nn1C. The number of aromatic nitrogens is 4. The van der Waals surface area contributed by atoms with E-state index in [1.165, 1.54) is 0 Å². The Kier molecular flexibility index (Phi) is 3.64. The number of halogens is 1. The molecule has 6 nitrogen and oxygen atoms in total. The topological polar surface area (TPSA) is 75.6 Å². The number of amides is 1. The second-order valence-electron chi connectivity index (χ2n) is 4.52. The van der Waals surface area contributed by atoms with E-state index in [4.69, 9.17) is 0 Å². The summed E-state index contributed by atoms with van der Waals surface area (Å²) in [6.45, 7) is 1.92. The molecular formula is C13H12BrN5OS. The van der Waals surface area contributed by atoms with Gasteiger partial charge < -0.3 is 5.32 Å². The van der Waals surface area contributed by atoms with E-state index in [1.807, 2.05) is 32.2 Å². The van der Waals surface area contributed by atoms with Crippen LogP contribution in [0, 0.1) is 6.92 Å². The van der Waals surface area contributed by atoms with Gasteiger partial charge in [-0.15, -0.1) is 11.3 Å². The van der Waals surface area contributed by atoms with Gasteiger partial charge in [-0.1, -0.05) is 0 Å². The molecule has 0 unspecified atom stereocenters. The van der Waals surface area contributed by atoms with Gasteiger partial charge in [-0.25, -0.2) is 0 Å². The lowest BCUT2D eigenvalue weighted by Crippen LogP contribution is -2.12. The van der Waals surface area contributed by atoms with E-state index in [2.05, 4.69) is 36.5 Å². The standard InChI is InChI=1S/C13H12BrN5OS/c1-7-5-12(18-19(7)2)15-13(20)9-6-8(16-17-9)10-3-4-11(14)21-10/h3-6H,1-2H3,(H,16,17)(H,15,18,20). The van der Waals surface area contributed by atoms with Crippen molar-refractivity contribution >= 4 is 39.0 Å². The second-order valence-corrected chi connectivity index (χ2v) is 6.98. The summed E-state index contributed by atoms with van der Waals surface area (Å²) < 4.78 is 2.73. The molecule has 0 saturated carbocycles. The predicted octanol–water partition coefficient (Wildman–Crippen LogP) is 3.19. The zero-order valence-electron chi connectivity index (χ0n) is 11.3. The largest absolute Gasteiger partial charge is 0.304 e. The van der Waals surface area contributed by atoms with E-state index in [1.54, 1.807) is 22.1 Å². The van der Waals surface area contributed by atoms with Crippen molar-refractivity contribution in [1.82, 2.24) is 20.0 Å². The highest BCUT2D eigenvalue weighted by atomic mass is 79.9. The van der Waals surface area contributed by atoms with Gasteiger partial charge in [-0.2, -0.15) is 10.2 Å². The molecule has 21 heavy (non-hydrogen) atoms. The van der Waals surface area contributed by atoms with Crippen molar-refractivity contribution in [3.8, 4) is 10.6 Å². The van der Waals surface area contributed by atoms with Crippen molar-refractivity contribution in [2.75, 3.05) is 5.32 Å². The number of H-pyrrole nitrogens is 1. The molecule has 0 aliphatic rings. The summed E-state index contributed by atoms with van der Waals surface area (Å²) in [5.41, 5.74) is 2.11. The summed E-state index contributed by atoms with van der Waals surface area (Å²) >= 11 is 4.99. The quantitative estimate of drug-likeness (QED) is 0.748. The molecule has 0 aliphatic carbocycles. The molecule has 8 heteroatoms. The number of aryl methyl sites for hydroxylation is 2. The highest BCUT2D eigenvalue weighted by molar-refractivity contribution is 9.11. The first kappa shape index (κ1) is 14.0. The number of thiophene rings is 1. The van der Waals surface area contributed by atoms with Crippen LogP contribution in [0.2, 0.25) is 0 Å². The highest BCUT2D eigenvalue weighted by Crippen LogP contribution is 2.30. The van der Waals surface area contributed by atoms with Crippen LogP contribution in [0.15, 0.2) is 28.1 Å². The number of hydrogen-bond acceptors (Lipinski definition) is 4. The van der Waals surface area contributed by atoms with Gasteiger partial charge in [0.15, 0.2) is 11.5 Å². The van der Waals surface area contributed by atoms with Gasteiger partial charge in [0.25, 0.3) is 5.91 Å². The lowest BCUT2D eigenvalue weighted by molar-refractivity contribution is 0.102. The Labute approximate surface area is 133 Å². The first-order chi connectivity index (χ1) is 10.0. The van der Waals surface area contributed by atoms with Crippen molar-refractivity contribution in [3.05, 3.63) is 39.4 Å². The lowest BCUT2D eigenvalue weighted by Gasteiger charge is -1.97. The fourth-order valence-electron chi connectivity index (χ4n) is 1.83. The number of carbonyl (C=O) groups is 1. The van der Waals surface area contributed by atoms with Crippen molar-refractivity contribution in [1.29, 1.82) is 0 Å². The minimum atomic E-state index is -0.286. The van der Waals surface area contributed by atoms with Gasteiger partial charge in [0.2, 0.25) is 0 Å². The van der Waals surface area contributed by atoms with Gasteiger partial charge in [-0.3, -0.25) is 14.6 Å². The molecular weight excluding hydrogens is 354 g/mol. The minimum absolute atomic E-state index is 0.286. The fraction of sp³-hybridized carbons (Fsp3) is 0.154. The van der Waals surface area contributed by atoms with Crippen LogP contribution >= 0.6 is 27.3 Å². The number of rotatable bonds is 3. The summed E-state index contributed by atoms with van der Waals surface area (Å²) in [6.07, 6.45) is 0. The van der Waals surface area contributed by atoms with Crippen LogP contribution < -0.4 is 5.32 Å². The molecule has 0 bridgehead atoms. The molecule has 0 fully saturated rings. The highest BCUT2D eigenvalue weighted by Gasteiger charge is 2.14. The Morgan fingerprint density at radius 3 is 2.86 bits per heavy atom. The maximum Gasteiger partial charge on any atom is 0.277 e. The Morgan fingerprint density at radius 2 is 2.24 bits per heavy atom. The molecule has 0 aromatic carbocycles. The van der Waals surface area contributed by atoms with Crippen LogP contribution in [0.1, 0.15) is 16.2 Å². The van der Waals surface area contributed by atoms with Crippen molar-refractivity contribution in [3.63, 3.8) is 0 Å². The van der Waals surface area contributed by atoms with E-state index in [9.17, 15) is 4.79 Å². The zero-order chi connectivity index (χ0) is 15.0. The van der Waals surface area contributed by atoms with E-state index in [0.29, 0.717) is 11.5 Å². The van der Waals surface area contributed by atoms with Gasteiger partial charge >= 0.3 is 0 Å². The van der Waals surface area contributed by atoms with Crippen molar-refractivity contribution < 1.29 is 4.79 Å². The van der Waals surface area contributed by atoms with Crippen LogP contribution in [-0.4, -0.2) is 25.9 Å². The van der Waals surface area contributed by atoms with Crippen LogP contribution in [0.25, 0.3) is 10.6 Å². The number of anilines is 1. The average Bonchev–Trinajstić information content (AvgIpc) is 3.11. The molecule has 108 valence electrons. The Bertz CT molecular complexity index is 784. The number of nitrogens with one attached hydrogen (secondary N) is 2. The van der Waals surface area contributed by atoms with E-state index >= 15 is 0 Å². The molecule has 0 aliphatic heterocycles. The van der Waals surface area contributed by atoms with Gasteiger partial charge in [0.1, 0.15) is 0 Å². The second kappa shape index (κ2) is 5.45. The van der Waals surface area contributed by atoms with Crippen molar-refractivity contribution in [2.45, 2.75) is 6.92 Å². The van der Waals surface area contributed by atoms with Gasteiger partial charge in [0.05, 0.1) is 14.4 Å². The van der Waals surface area contributed by atoms with E-state index < -0.39 is 0 Å². The first-order valence-electron chi connectivity index (χ1n) is 6.16. The maximum atomic E-state index is 12.1. The van der Waals surface area contributed by atoms with Gasteiger partial charge in [0, 0.05) is 18.8 Å². The molecule has 0 atom stereocenters. The molecule has 3 heterocycles. The monoisotopic (exact) mass is 365 g/mol. The molecule has 3 rings (SSSR count). The number of aromatic amines is 1. The molecule has 0 saturated heterocycles. The normalized spacial score (nSPS) is 10.8. The number of hydrogen-bond donors (Lipinski definition) is 2. The minimum Gasteiger partial charge on any atom is -0.304 e. The number of carbonyl (C=O) groups excluding carboxylic acids is 1. The third kappa shape index (κ3) is 2.91. The number of nitrogens with zero attached hydrogens (tertiary/aromatic N) is 3. The fourth-order valence-corrected chi connectivity index (χ4v) is 3.18. The molecule has 1 amide bonds. The molecule has 3 aromatic rings. The van der Waals surface area contributed by atoms with Crippen LogP contribution in [0.4, 0.5) is 5.82 Å². The summed E-state index contributed by atoms with van der Waals surface area (Å²) in [7, 11) is 1.83.